The maximum Gasteiger partial charge on any atom is 0.158 e. The van der Waals surface area contributed by atoms with Crippen molar-refractivity contribution in [2.45, 2.75) is 18.2 Å². The molecule has 2 aromatic carbocycles. The summed E-state index contributed by atoms with van der Waals surface area (Å²) in [6.07, 6.45) is 1.92. The molecule has 0 bridgehead atoms. The summed E-state index contributed by atoms with van der Waals surface area (Å²) in [5.41, 5.74) is 9.48. The van der Waals surface area contributed by atoms with Crippen LogP contribution in [-0.4, -0.2) is 23.5 Å². The van der Waals surface area contributed by atoms with E-state index in [0.717, 1.165) is 26.6 Å². The highest BCUT2D eigenvalue weighted by Crippen LogP contribution is 2.27. The first-order valence-electron chi connectivity index (χ1n) is 9.12. The molecule has 0 aliphatic rings. The average Bonchev–Trinajstić information content (AvgIpc) is 3.13. The van der Waals surface area contributed by atoms with Gasteiger partial charge < -0.3 is 10.3 Å². The average molecular weight is 489 g/mol. The van der Waals surface area contributed by atoms with Crippen molar-refractivity contribution in [3.05, 3.63) is 88.0 Å². The molecule has 4 rings (SSSR count). The van der Waals surface area contributed by atoms with Gasteiger partial charge in [0.2, 0.25) is 0 Å². The Morgan fingerprint density at radius 3 is 2.80 bits per heavy atom. The van der Waals surface area contributed by atoms with E-state index in [1.165, 1.54) is 12.1 Å². The van der Waals surface area contributed by atoms with Gasteiger partial charge in [-0.05, 0) is 42.0 Å². The molecule has 154 valence electrons. The fourth-order valence-corrected chi connectivity index (χ4v) is 4.18. The van der Waals surface area contributed by atoms with Gasteiger partial charge in [-0.15, -0.1) is 0 Å². The van der Waals surface area contributed by atoms with E-state index in [9.17, 15) is 8.60 Å². The minimum atomic E-state index is -2.05. The minimum absolute atomic E-state index is 0.138. The third-order valence-corrected chi connectivity index (χ3v) is 5.79. The van der Waals surface area contributed by atoms with Crippen LogP contribution in [-0.2, 0) is 23.3 Å². The Morgan fingerprint density at radius 1 is 1.20 bits per heavy atom. The van der Waals surface area contributed by atoms with Crippen molar-refractivity contribution in [2.75, 3.05) is 0 Å². The Balaban J connectivity index is 1.69. The van der Waals surface area contributed by atoms with Crippen LogP contribution in [0.3, 0.4) is 0 Å². The van der Waals surface area contributed by atoms with E-state index >= 15 is 0 Å². The van der Waals surface area contributed by atoms with E-state index in [-0.39, 0.29) is 17.9 Å². The molecule has 6 nitrogen and oxygen atoms in total. The zero-order chi connectivity index (χ0) is 21.3. The number of pyridine rings is 1. The van der Waals surface area contributed by atoms with Crippen molar-refractivity contribution in [1.29, 1.82) is 0 Å². The summed E-state index contributed by atoms with van der Waals surface area (Å²) in [6.45, 7) is 0. The fraction of sp³-hybridized carbons (Fsp3) is 0.143. The zero-order valence-electron chi connectivity index (χ0n) is 15.7. The Kier molecular flexibility index (Phi) is 6.05. The first kappa shape index (κ1) is 20.8. The van der Waals surface area contributed by atoms with Gasteiger partial charge in [0.25, 0.3) is 0 Å². The van der Waals surface area contributed by atoms with Gasteiger partial charge >= 0.3 is 0 Å². The molecule has 0 fully saturated rings. The predicted molar refractivity (Wildman–Crippen MR) is 118 cm³/mol. The maximum absolute atomic E-state index is 14.3. The molecule has 0 spiro atoms. The van der Waals surface area contributed by atoms with Crippen molar-refractivity contribution in [1.82, 2.24) is 14.8 Å². The number of aromatic nitrogens is 3. The zero-order valence-corrected chi connectivity index (χ0v) is 18.1. The molecule has 9 heteroatoms. The fourth-order valence-electron chi connectivity index (χ4n) is 3.39. The Labute approximate surface area is 183 Å². The van der Waals surface area contributed by atoms with Crippen LogP contribution in [0.1, 0.15) is 23.0 Å². The minimum Gasteiger partial charge on any atom is -0.324 e. The van der Waals surface area contributed by atoms with Crippen LogP contribution < -0.4 is 5.73 Å². The predicted octanol–water partition coefficient (Wildman–Crippen LogP) is 4.29. The van der Waals surface area contributed by atoms with Crippen LogP contribution in [0.4, 0.5) is 4.39 Å². The lowest BCUT2D eigenvalue weighted by atomic mass is 10.00. The van der Waals surface area contributed by atoms with Crippen LogP contribution >= 0.6 is 15.9 Å². The van der Waals surface area contributed by atoms with E-state index < -0.39 is 22.9 Å². The number of hydrogen-bond donors (Lipinski definition) is 2. The van der Waals surface area contributed by atoms with Gasteiger partial charge in [0.15, 0.2) is 11.1 Å². The van der Waals surface area contributed by atoms with Gasteiger partial charge in [-0.25, -0.2) is 13.3 Å². The highest BCUT2D eigenvalue weighted by Gasteiger charge is 2.18. The number of benzene rings is 2. The number of nitrogens with two attached hydrogens (primary N) is 1. The molecule has 0 saturated heterocycles. The van der Waals surface area contributed by atoms with Gasteiger partial charge in [0, 0.05) is 22.3 Å². The molecule has 4 aromatic rings. The third kappa shape index (κ3) is 4.34. The monoisotopic (exact) mass is 488 g/mol. The van der Waals surface area contributed by atoms with E-state index in [1.54, 1.807) is 6.20 Å². The van der Waals surface area contributed by atoms with Crippen molar-refractivity contribution < 1.29 is 13.2 Å². The molecule has 3 N–H and O–H groups in total. The molecule has 2 atom stereocenters. The molecular weight excluding hydrogens is 471 g/mol. The second-order valence-electron chi connectivity index (χ2n) is 6.83. The van der Waals surface area contributed by atoms with Gasteiger partial charge in [0.1, 0.15) is 5.82 Å². The van der Waals surface area contributed by atoms with Crippen LogP contribution in [0.15, 0.2) is 65.3 Å². The van der Waals surface area contributed by atoms with E-state index in [4.69, 9.17) is 10.3 Å². The van der Waals surface area contributed by atoms with Crippen molar-refractivity contribution >= 4 is 37.9 Å². The first-order valence-corrected chi connectivity index (χ1v) is 11.2. The molecule has 0 aliphatic heterocycles. The normalized spacial score (nSPS) is 13.5. The van der Waals surface area contributed by atoms with Crippen LogP contribution in [0, 0.1) is 5.82 Å². The molecule has 1 unspecified atom stereocenters. The second-order valence-corrected chi connectivity index (χ2v) is 8.67. The Hall–Kier alpha value is -2.46. The lowest BCUT2D eigenvalue weighted by Crippen LogP contribution is -2.18. The van der Waals surface area contributed by atoms with Crippen molar-refractivity contribution in [3.63, 3.8) is 0 Å². The number of rotatable bonds is 6. The summed E-state index contributed by atoms with van der Waals surface area (Å²) in [5, 5.41) is 5.49. The van der Waals surface area contributed by atoms with Gasteiger partial charge in [-0.1, -0.05) is 34.1 Å². The van der Waals surface area contributed by atoms with E-state index in [0.29, 0.717) is 5.69 Å². The summed E-state index contributed by atoms with van der Waals surface area (Å²) < 4.78 is 37.2. The lowest BCUT2D eigenvalue weighted by molar-refractivity contribution is 0.559. The molecule has 30 heavy (non-hydrogen) atoms. The topological polar surface area (TPSA) is 94.0 Å². The highest BCUT2D eigenvalue weighted by molar-refractivity contribution is 9.10. The molecule has 0 aliphatic carbocycles. The quantitative estimate of drug-likeness (QED) is 0.395. The van der Waals surface area contributed by atoms with Crippen LogP contribution in [0.5, 0.6) is 0 Å². The Bertz CT molecular complexity index is 1250. The van der Waals surface area contributed by atoms with Gasteiger partial charge in [-0.3, -0.25) is 4.98 Å². The molecule has 2 heterocycles. The van der Waals surface area contributed by atoms with E-state index in [1.807, 2.05) is 47.1 Å². The van der Waals surface area contributed by atoms with Gasteiger partial charge in [0.05, 0.1) is 34.5 Å². The largest absolute Gasteiger partial charge is 0.324 e. The summed E-state index contributed by atoms with van der Waals surface area (Å²) in [5.74, 6) is -0.654. The number of fused-ring (bicyclic) bond motifs is 1. The molecular formula is C21H18BrFN4O2S. The number of halogens is 2. The summed E-state index contributed by atoms with van der Waals surface area (Å²) in [7, 11) is 0. The molecule has 2 aromatic heterocycles. The first-order chi connectivity index (χ1) is 14.4. The number of hydrogen-bond acceptors (Lipinski definition) is 4. The molecule has 0 saturated carbocycles. The summed E-state index contributed by atoms with van der Waals surface area (Å²) in [6, 6.07) is 15.6. The summed E-state index contributed by atoms with van der Waals surface area (Å²) >= 11 is 1.42. The molecule has 0 amide bonds. The third-order valence-electron chi connectivity index (χ3n) is 4.76. The van der Waals surface area contributed by atoms with Crippen LogP contribution in [0.2, 0.25) is 0 Å². The van der Waals surface area contributed by atoms with Crippen molar-refractivity contribution in [2.24, 2.45) is 5.73 Å². The lowest BCUT2D eigenvalue weighted by Gasteiger charge is -2.17. The second kappa shape index (κ2) is 8.73. The van der Waals surface area contributed by atoms with Gasteiger partial charge in [-0.2, -0.15) is 5.10 Å². The smallest absolute Gasteiger partial charge is 0.158 e. The Morgan fingerprint density at radius 2 is 2.00 bits per heavy atom. The van der Waals surface area contributed by atoms with Crippen molar-refractivity contribution in [3.8, 4) is 5.69 Å². The maximum atomic E-state index is 14.3. The number of nitrogens with zero attached hydrogens (tertiary/aromatic N) is 3. The SMILES string of the molecule is N[C@@H](Cc1nc(CS(=O)O)ccc1F)c1ccccc1-n1ncc2cc(Br)ccc21. The number of para-hydroxylation sites is 1. The standard InChI is InChI=1S/C21H18BrFN4O2S/c22-14-5-8-20-13(9-14)11-25-27(20)21-4-2-1-3-16(21)18(24)10-19-17(23)7-6-15(26-19)12-30(28)29/h1-9,11,18H,10,12,24H2,(H,28,29)/t18-/m0/s1. The molecule has 0 radical (unpaired) electrons. The summed E-state index contributed by atoms with van der Waals surface area (Å²) in [4.78, 5) is 4.19. The van der Waals surface area contributed by atoms with E-state index in [2.05, 4.69) is 26.0 Å². The van der Waals surface area contributed by atoms with Crippen LogP contribution in [0.25, 0.3) is 16.6 Å². The highest BCUT2D eigenvalue weighted by atomic mass is 79.9.